The predicted molar refractivity (Wildman–Crippen MR) is 473 cm³/mol. The third-order valence-electron chi connectivity index (χ3n) is 22.0. The van der Waals surface area contributed by atoms with Gasteiger partial charge in [-0.2, -0.15) is 0 Å². The van der Waals surface area contributed by atoms with Gasteiger partial charge < -0.3 is 98.5 Å². The number of rotatable bonds is 54. The Kier molecular flexibility index (Phi) is 39.0. The maximum absolute atomic E-state index is 17.5. The fraction of sp³-hybridized carbons (Fsp3) is 0.646. The molecule has 6 aromatic heterocycles. The molecule has 9 rings (SSSR count). The predicted octanol–water partition coefficient (Wildman–Crippen LogP) is 2.55. The summed E-state index contributed by atoms with van der Waals surface area (Å²) in [6.07, 6.45) is -19.8. The van der Waals surface area contributed by atoms with E-state index in [0.29, 0.717) is 0 Å². The number of aliphatic hydroxyl groups is 2. The summed E-state index contributed by atoms with van der Waals surface area (Å²) in [5.41, 5.74) is 3.48. The van der Waals surface area contributed by atoms with Gasteiger partial charge >= 0.3 is 83.2 Å². The lowest BCUT2D eigenvalue weighted by Gasteiger charge is -2.33. The summed E-state index contributed by atoms with van der Waals surface area (Å²) in [6, 6.07) is 0. The van der Waals surface area contributed by atoms with Crippen molar-refractivity contribution in [2.24, 2.45) is 32.5 Å². The molecule has 9 heterocycles. The molecule has 0 aromatic carbocycles. The summed E-state index contributed by atoms with van der Waals surface area (Å²) in [4.78, 5) is 230. The molecule has 0 radical (unpaired) electrons. The minimum atomic E-state index is -6.41. The van der Waals surface area contributed by atoms with Crippen LogP contribution in [0.3, 0.4) is 0 Å². The lowest BCUT2D eigenvalue weighted by atomic mass is 9.82. The average molecular weight is 2090 g/mol. The van der Waals surface area contributed by atoms with E-state index in [9.17, 15) is 77.3 Å². The van der Waals surface area contributed by atoms with E-state index in [-0.39, 0.29) is 50.9 Å². The molecule has 0 aliphatic carbocycles. The zero-order chi connectivity index (χ0) is 106. The first kappa shape index (κ1) is 115. The number of ketones is 4. The molecule has 8 N–H and O–H groups in total. The van der Waals surface area contributed by atoms with E-state index in [1.807, 2.05) is 0 Å². The number of ether oxygens (including phenoxy) is 15. The molecule has 6 aromatic rings. The number of esters is 10. The molecular formula is C82H114N15O43P3. The molecular weight excluding hydrogens is 1980 g/mol. The summed E-state index contributed by atoms with van der Waals surface area (Å²) in [5, 5.41) is 23.7. The van der Waals surface area contributed by atoms with Crippen LogP contribution in [0.1, 0.15) is 143 Å². The molecule has 0 bridgehead atoms. The number of nitrogen functional groups attached to an aromatic ring is 3. The summed E-state index contributed by atoms with van der Waals surface area (Å²) in [7, 11) is -18.4. The van der Waals surface area contributed by atoms with Crippen molar-refractivity contribution in [3.8, 4) is 0 Å². The van der Waals surface area contributed by atoms with Crippen LogP contribution < -0.4 is 17.2 Å². The highest BCUT2D eigenvalue weighted by Crippen LogP contribution is 2.60. The number of hydrogen-bond acceptors (Lipinski definition) is 55. The molecule has 3 fully saturated rings. The highest BCUT2D eigenvalue weighted by Gasteiger charge is 2.62. The van der Waals surface area contributed by atoms with Crippen molar-refractivity contribution in [1.82, 2.24) is 58.6 Å². The van der Waals surface area contributed by atoms with E-state index in [1.165, 1.54) is 69.2 Å². The SMILES string of the molecule is CCOC(=O)C(COC(=O)C(C)(C)C)(COP(=O)(OC[C@H]1O[C@@H](n2cnc3c(N)ncnc32)[C@H](OP(=O)(OC[C@H]2O[C@@H](n3cnc4c(N)ncnc43)[C@H](O)[C@@H]2O)OCC(COC(=O)C(C)(C)C)(C(=O)OCC)C(=O)OCC)[C@@H]1OCOC(C)=O)O[C@@H]1[C@H](OCOC(C)=O)[C@@H](COP(=O)(OCC(COC(C)=O)(C(C)=O)C(C)=O)OCC(COC(C)=O)(C(C)=O)C(C)=O)O[C@H]1n1cnc2c(N)ncnc21)C(=O)OCC. The van der Waals surface area contributed by atoms with Crippen LogP contribution in [-0.2, 0) is 193 Å². The maximum atomic E-state index is 17.5. The van der Waals surface area contributed by atoms with E-state index in [0.717, 1.165) is 107 Å². The molecule has 58 nitrogen and oxygen atoms in total. The molecule has 0 spiro atoms. The largest absolute Gasteiger partial charge is 0.475 e. The van der Waals surface area contributed by atoms with Gasteiger partial charge in [0.05, 0.1) is 102 Å². The smallest absolute Gasteiger partial charge is 0.465 e. The van der Waals surface area contributed by atoms with E-state index >= 15 is 13.7 Å². The van der Waals surface area contributed by atoms with E-state index < -0.39 is 325 Å². The number of nitrogens with two attached hydrogens (primary N) is 3. The number of carbonyl (C=O) groups excluding carboxylic acids is 14. The first-order chi connectivity index (χ1) is 67.1. The zero-order valence-electron chi connectivity index (χ0n) is 81.0. The Morgan fingerprint density at radius 3 is 0.916 bits per heavy atom. The van der Waals surface area contributed by atoms with Gasteiger partial charge in [-0.1, -0.05) is 0 Å². The van der Waals surface area contributed by atoms with Crippen molar-refractivity contribution < 1.29 is 203 Å². The molecule has 143 heavy (non-hydrogen) atoms. The molecule has 61 heteroatoms. The number of imidazole rings is 3. The third kappa shape index (κ3) is 27.2. The number of phosphoric ester groups is 3. The molecule has 2 unspecified atom stereocenters. The van der Waals surface area contributed by atoms with Crippen LogP contribution in [-0.4, -0.2) is 319 Å². The quantitative estimate of drug-likeness (QED) is 0.0120. The molecule has 0 saturated carbocycles. The Morgan fingerprint density at radius 2 is 0.615 bits per heavy atom. The Hall–Kier alpha value is -11.5. The first-order valence-electron chi connectivity index (χ1n) is 43.8. The Morgan fingerprint density at radius 1 is 0.336 bits per heavy atom. The third-order valence-corrected chi connectivity index (χ3v) is 26.2. The number of Topliss-reactive ketones (excluding diaryl/α,β-unsaturated/α-hetero) is 4. The molecule has 790 valence electrons. The van der Waals surface area contributed by atoms with Crippen LogP contribution in [0.5, 0.6) is 0 Å². The van der Waals surface area contributed by atoms with Crippen molar-refractivity contribution >= 4 is 157 Å². The van der Waals surface area contributed by atoms with Crippen LogP contribution in [0.25, 0.3) is 33.5 Å². The van der Waals surface area contributed by atoms with E-state index in [4.69, 9.17) is 129 Å². The lowest BCUT2D eigenvalue weighted by molar-refractivity contribution is -0.186. The topological polar surface area (TPSA) is 761 Å². The normalized spacial score (nSPS) is 21.0. The van der Waals surface area contributed by atoms with Gasteiger partial charge in [0, 0.05) is 27.7 Å². The summed E-state index contributed by atoms with van der Waals surface area (Å²) >= 11 is 0. The number of nitrogens with zero attached hydrogens (tertiary/aromatic N) is 12. The van der Waals surface area contributed by atoms with Gasteiger partial charge in [0.25, 0.3) is 0 Å². The second-order valence-corrected chi connectivity index (χ2v) is 39.2. The van der Waals surface area contributed by atoms with Crippen LogP contribution in [0, 0.1) is 32.5 Å². The van der Waals surface area contributed by atoms with Gasteiger partial charge in [-0.3, -0.25) is 122 Å². The average Bonchev–Trinajstić information content (AvgIpc) is 1.47. The summed E-state index contributed by atoms with van der Waals surface area (Å²) in [6.45, 7) is 0.825. The van der Waals surface area contributed by atoms with Gasteiger partial charge in [0.1, 0.15) is 151 Å². The number of hydrogen-bond donors (Lipinski definition) is 5. The Balaban J connectivity index is 1.28. The van der Waals surface area contributed by atoms with E-state index in [1.54, 1.807) is 0 Å². The number of carbonyl (C=O) groups is 14. The minimum Gasteiger partial charge on any atom is -0.465 e. The first-order valence-corrected chi connectivity index (χ1v) is 48.1. The van der Waals surface area contributed by atoms with Crippen molar-refractivity contribution in [1.29, 1.82) is 0 Å². The van der Waals surface area contributed by atoms with Crippen molar-refractivity contribution in [3.05, 3.63) is 38.0 Å². The molecule has 14 atom stereocenters. The highest BCUT2D eigenvalue weighted by atomic mass is 31.2. The summed E-state index contributed by atoms with van der Waals surface area (Å²) in [5.74, 6) is -17.9. The number of anilines is 3. The van der Waals surface area contributed by atoms with E-state index in [2.05, 4.69) is 44.9 Å². The van der Waals surface area contributed by atoms with Crippen LogP contribution >= 0.6 is 23.5 Å². The fourth-order valence-electron chi connectivity index (χ4n) is 13.7. The van der Waals surface area contributed by atoms with Crippen molar-refractivity contribution in [3.63, 3.8) is 0 Å². The Bertz CT molecular complexity index is 5680. The van der Waals surface area contributed by atoms with Gasteiger partial charge in [0.15, 0.2) is 66.7 Å². The second kappa shape index (κ2) is 48.5. The van der Waals surface area contributed by atoms with Crippen LogP contribution in [0.4, 0.5) is 17.5 Å². The second-order valence-electron chi connectivity index (χ2n) is 34.3. The lowest BCUT2D eigenvalue weighted by Crippen LogP contribution is -2.50. The number of aromatic nitrogens is 12. The van der Waals surface area contributed by atoms with Gasteiger partial charge in [-0.25, -0.2) is 58.6 Å². The number of phosphoric acid groups is 3. The van der Waals surface area contributed by atoms with Crippen LogP contribution in [0.2, 0.25) is 0 Å². The molecule has 3 aliphatic heterocycles. The zero-order valence-corrected chi connectivity index (χ0v) is 83.7. The summed E-state index contributed by atoms with van der Waals surface area (Å²) < 4.78 is 195. The monoisotopic (exact) mass is 2090 g/mol. The van der Waals surface area contributed by atoms with Crippen molar-refractivity contribution in [2.45, 2.75) is 198 Å². The maximum Gasteiger partial charge on any atom is 0.475 e. The molecule has 0 amide bonds. The van der Waals surface area contributed by atoms with Gasteiger partial charge in [-0.15, -0.1) is 0 Å². The Labute approximate surface area is 814 Å². The standard InChI is InChI=1S/C82H114N15O43P3/c1-19-117-73(110)81(74(111)118-20-2,28-123-71(108)77(13,14)15)32-134-142(115,130-23-50-56(106)57(107)68(136-50)95-37-92-53-62(83)86-34-89-65(53)95)139-61-59(128-41-126-49(12)105)52(138-70(61)97-39-94-55-64(85)88-36-91-67(55)97)25-131-143(116,135-33-82(75(112)119-21-3,76(113)120-22-4)29-124-72(109)78(16,17)18)140-60-58(127-40-125-48(11)104)51(137-69(60)96-38-93-54-63(84)87-35-90-66(54)96)24-129-141(114,132-30-79(42(5)98,43(6)99)26-121-46(9)102)133-31-80(44(7)100,45(8)101)27-122-47(10)103/h34-39,50-52,56-61,68-70,106-107H,19-33,40-41H2,1-18H3,(H2,83,86,89)(H2,84,87,90)(H2,85,88,91)/t50-,51-,52-,56-,57-,58-,59-,60-,61-,68-,69-,70-,142?,143?/m1/s1. The fourth-order valence-corrected chi connectivity index (χ4v) is 17.9. The van der Waals surface area contributed by atoms with Crippen LogP contribution in [0.15, 0.2) is 38.0 Å². The number of aliphatic hydroxyl groups excluding tert-OH is 2. The highest BCUT2D eigenvalue weighted by molar-refractivity contribution is 7.49. The minimum absolute atomic E-state index is 0.00361. The number of fused-ring (bicyclic) bond motifs is 3. The van der Waals surface area contributed by atoms with Gasteiger partial charge in [-0.05, 0) is 96.9 Å². The van der Waals surface area contributed by atoms with Gasteiger partial charge in [0.2, 0.25) is 10.8 Å². The van der Waals surface area contributed by atoms with Crippen molar-refractivity contribution in [2.75, 3.05) is 130 Å². The molecule has 3 saturated heterocycles. The molecule has 3 aliphatic rings.